The molecule has 0 fully saturated rings. The fourth-order valence-corrected chi connectivity index (χ4v) is 1.32. The van der Waals surface area contributed by atoms with E-state index in [-0.39, 0.29) is 0 Å². The van der Waals surface area contributed by atoms with E-state index < -0.39 is 18.1 Å². The lowest BCUT2D eigenvalue weighted by Gasteiger charge is -2.14. The van der Waals surface area contributed by atoms with Crippen molar-refractivity contribution < 1.29 is 15.0 Å². The molecule has 4 heteroatoms. The number of nitrogens with two attached hydrogens (primary N) is 1. The van der Waals surface area contributed by atoms with Gasteiger partial charge in [0.15, 0.2) is 6.10 Å². The number of carboxylic acid groups (broad SMARTS) is 1. The summed E-state index contributed by atoms with van der Waals surface area (Å²) in [6.07, 6.45) is 4.67. The second kappa shape index (κ2) is 7.76. The predicted molar refractivity (Wildman–Crippen MR) is 55.0 cm³/mol. The highest BCUT2D eigenvalue weighted by atomic mass is 16.4. The minimum atomic E-state index is -1.42. The van der Waals surface area contributed by atoms with Crippen LogP contribution in [-0.2, 0) is 4.79 Å². The van der Waals surface area contributed by atoms with Gasteiger partial charge in [-0.15, -0.1) is 0 Å². The van der Waals surface area contributed by atoms with Gasteiger partial charge in [0, 0.05) is 6.04 Å². The van der Waals surface area contributed by atoms with Gasteiger partial charge in [0.1, 0.15) is 0 Å². The Balaban J connectivity index is 3.43. The summed E-state index contributed by atoms with van der Waals surface area (Å²) in [5.41, 5.74) is 5.50. The molecule has 0 aromatic rings. The summed E-state index contributed by atoms with van der Waals surface area (Å²) in [6.45, 7) is 2.14. The van der Waals surface area contributed by atoms with Gasteiger partial charge in [0.05, 0.1) is 0 Å². The number of aliphatic carboxylic acids is 1. The Morgan fingerprint density at radius 1 is 1.29 bits per heavy atom. The Morgan fingerprint density at radius 2 is 1.86 bits per heavy atom. The van der Waals surface area contributed by atoms with Gasteiger partial charge in [-0.05, 0) is 6.42 Å². The molecule has 0 amide bonds. The molecule has 0 bridgehead atoms. The predicted octanol–water partition coefficient (Wildman–Crippen LogP) is 1.12. The van der Waals surface area contributed by atoms with Gasteiger partial charge < -0.3 is 15.9 Å². The fourth-order valence-electron chi connectivity index (χ4n) is 1.32. The van der Waals surface area contributed by atoms with Crippen LogP contribution in [0.3, 0.4) is 0 Å². The number of aliphatic hydroxyl groups is 1. The minimum Gasteiger partial charge on any atom is -0.479 e. The van der Waals surface area contributed by atoms with Crippen molar-refractivity contribution in [1.82, 2.24) is 0 Å². The molecule has 14 heavy (non-hydrogen) atoms. The first-order valence-electron chi connectivity index (χ1n) is 5.26. The molecule has 0 saturated heterocycles. The van der Waals surface area contributed by atoms with Crippen molar-refractivity contribution in [3.63, 3.8) is 0 Å². The van der Waals surface area contributed by atoms with E-state index in [0.29, 0.717) is 6.42 Å². The van der Waals surface area contributed by atoms with Crippen molar-refractivity contribution in [3.05, 3.63) is 0 Å². The zero-order valence-electron chi connectivity index (χ0n) is 8.78. The van der Waals surface area contributed by atoms with Crippen LogP contribution in [0.1, 0.15) is 45.4 Å². The normalized spacial score (nSPS) is 15.1. The lowest BCUT2D eigenvalue weighted by Crippen LogP contribution is -2.40. The van der Waals surface area contributed by atoms with E-state index in [2.05, 4.69) is 6.92 Å². The number of rotatable bonds is 8. The van der Waals surface area contributed by atoms with Crippen LogP contribution < -0.4 is 5.73 Å². The van der Waals surface area contributed by atoms with Gasteiger partial charge in [-0.25, -0.2) is 4.79 Å². The maximum Gasteiger partial charge on any atom is 0.334 e. The quantitative estimate of drug-likeness (QED) is 0.516. The van der Waals surface area contributed by atoms with Gasteiger partial charge in [0.2, 0.25) is 0 Å². The zero-order valence-corrected chi connectivity index (χ0v) is 8.78. The van der Waals surface area contributed by atoms with Crippen LogP contribution in [0.2, 0.25) is 0 Å². The third-order valence-corrected chi connectivity index (χ3v) is 2.30. The van der Waals surface area contributed by atoms with Gasteiger partial charge in [0.25, 0.3) is 0 Å². The SMILES string of the molecule is CCCCCCC[C@@H](N)[C@H](O)C(=O)O. The molecule has 4 N–H and O–H groups in total. The minimum absolute atomic E-state index is 0.581. The van der Waals surface area contributed by atoms with Crippen molar-refractivity contribution in [2.24, 2.45) is 5.73 Å². The summed E-state index contributed by atoms with van der Waals surface area (Å²) in [6, 6.07) is -0.630. The smallest absolute Gasteiger partial charge is 0.334 e. The molecular weight excluding hydrogens is 182 g/mol. The Morgan fingerprint density at radius 3 is 2.36 bits per heavy atom. The third kappa shape index (κ3) is 5.94. The standard InChI is InChI=1S/C10H21NO3/c1-2-3-4-5-6-7-8(11)9(12)10(13)14/h8-9,12H,2-7,11H2,1H3,(H,13,14)/t8-,9+/m1/s1. The van der Waals surface area contributed by atoms with Crippen LogP contribution in [0.25, 0.3) is 0 Å². The molecule has 0 unspecified atom stereocenters. The molecule has 0 heterocycles. The van der Waals surface area contributed by atoms with Crippen molar-refractivity contribution in [3.8, 4) is 0 Å². The molecule has 0 radical (unpaired) electrons. The first-order valence-corrected chi connectivity index (χ1v) is 5.26. The number of aliphatic hydroxyl groups excluding tert-OH is 1. The lowest BCUT2D eigenvalue weighted by molar-refractivity contribution is -0.147. The maximum absolute atomic E-state index is 10.3. The number of carbonyl (C=O) groups is 1. The summed E-state index contributed by atoms with van der Waals surface area (Å²) in [5, 5.41) is 17.5. The monoisotopic (exact) mass is 203 g/mol. The molecule has 0 spiro atoms. The summed E-state index contributed by atoms with van der Waals surface area (Å²) < 4.78 is 0. The average molecular weight is 203 g/mol. The molecule has 4 nitrogen and oxygen atoms in total. The van der Waals surface area contributed by atoms with Crippen molar-refractivity contribution >= 4 is 5.97 Å². The summed E-state index contributed by atoms with van der Waals surface area (Å²) in [7, 11) is 0. The van der Waals surface area contributed by atoms with Crippen LogP contribution in [0.15, 0.2) is 0 Å². The number of carboxylic acids is 1. The van der Waals surface area contributed by atoms with Crippen molar-refractivity contribution in [2.75, 3.05) is 0 Å². The van der Waals surface area contributed by atoms with Crippen LogP contribution in [0, 0.1) is 0 Å². The lowest BCUT2D eigenvalue weighted by atomic mass is 10.0. The van der Waals surface area contributed by atoms with Crippen LogP contribution >= 0.6 is 0 Å². The maximum atomic E-state index is 10.3. The van der Waals surface area contributed by atoms with Gasteiger partial charge in [-0.2, -0.15) is 0 Å². The van der Waals surface area contributed by atoms with E-state index >= 15 is 0 Å². The molecule has 0 saturated carbocycles. The molecule has 0 aliphatic carbocycles. The number of hydrogen-bond acceptors (Lipinski definition) is 3. The number of unbranched alkanes of at least 4 members (excludes halogenated alkanes) is 4. The summed E-state index contributed by atoms with van der Waals surface area (Å²) >= 11 is 0. The topological polar surface area (TPSA) is 83.5 Å². The van der Waals surface area contributed by atoms with Gasteiger partial charge >= 0.3 is 5.97 Å². The van der Waals surface area contributed by atoms with Crippen molar-refractivity contribution in [2.45, 2.75) is 57.6 Å². The molecule has 84 valence electrons. The van der Waals surface area contributed by atoms with Crippen LogP contribution in [0.5, 0.6) is 0 Å². The van der Waals surface area contributed by atoms with E-state index in [0.717, 1.165) is 19.3 Å². The van der Waals surface area contributed by atoms with Gasteiger partial charge in [-0.3, -0.25) is 0 Å². The Labute approximate surface area is 85.1 Å². The highest BCUT2D eigenvalue weighted by molar-refractivity contribution is 5.72. The first-order chi connectivity index (χ1) is 6.59. The van der Waals surface area contributed by atoms with E-state index in [1.54, 1.807) is 0 Å². The van der Waals surface area contributed by atoms with Gasteiger partial charge in [-0.1, -0.05) is 39.0 Å². The van der Waals surface area contributed by atoms with Crippen LogP contribution in [-0.4, -0.2) is 28.3 Å². The first kappa shape index (κ1) is 13.4. The highest BCUT2D eigenvalue weighted by Gasteiger charge is 2.21. The number of hydrogen-bond donors (Lipinski definition) is 3. The third-order valence-electron chi connectivity index (χ3n) is 2.30. The second-order valence-corrected chi connectivity index (χ2v) is 3.65. The zero-order chi connectivity index (χ0) is 11.0. The van der Waals surface area contributed by atoms with Crippen LogP contribution in [0.4, 0.5) is 0 Å². The second-order valence-electron chi connectivity index (χ2n) is 3.65. The molecule has 0 aromatic heterocycles. The van der Waals surface area contributed by atoms with E-state index in [1.165, 1.54) is 12.8 Å². The molecular formula is C10H21NO3. The summed E-state index contributed by atoms with van der Waals surface area (Å²) in [4.78, 5) is 10.3. The van der Waals surface area contributed by atoms with E-state index in [9.17, 15) is 4.79 Å². The highest BCUT2D eigenvalue weighted by Crippen LogP contribution is 2.08. The van der Waals surface area contributed by atoms with E-state index in [4.69, 9.17) is 15.9 Å². The molecule has 2 atom stereocenters. The Kier molecular flexibility index (Phi) is 7.42. The van der Waals surface area contributed by atoms with E-state index in [1.807, 2.05) is 0 Å². The molecule has 0 aliphatic rings. The largest absolute Gasteiger partial charge is 0.479 e. The fraction of sp³-hybridized carbons (Fsp3) is 0.900. The molecule has 0 rings (SSSR count). The Bertz CT molecular complexity index is 161. The van der Waals surface area contributed by atoms with Crippen molar-refractivity contribution in [1.29, 1.82) is 0 Å². The Hall–Kier alpha value is -0.610. The average Bonchev–Trinajstić information content (AvgIpc) is 2.16. The molecule has 0 aromatic carbocycles. The summed E-state index contributed by atoms with van der Waals surface area (Å²) in [5.74, 6) is -1.23. The molecule has 0 aliphatic heterocycles.